The maximum Gasteiger partial charge on any atom is 0.160 e. The quantitative estimate of drug-likeness (QED) is 0.814. The third kappa shape index (κ3) is 2.52. The monoisotopic (exact) mass is 312 g/mol. The van der Waals surface area contributed by atoms with Gasteiger partial charge in [0.1, 0.15) is 11.3 Å². The molecule has 0 N–H and O–H groups in total. The molecule has 0 saturated carbocycles. The SMILES string of the molecule is CCN1CCCC(n2c(CCl)nc3cc(Cl)cnc32)C1. The molecule has 1 aliphatic heterocycles. The minimum absolute atomic E-state index is 0.399. The van der Waals surface area contributed by atoms with Crippen LogP contribution in [-0.2, 0) is 5.88 Å². The third-order valence-corrected chi connectivity index (χ3v) is 4.43. The molecule has 6 heteroatoms. The van der Waals surface area contributed by atoms with Crippen molar-refractivity contribution in [2.75, 3.05) is 19.6 Å². The molecule has 1 saturated heterocycles. The van der Waals surface area contributed by atoms with E-state index in [1.54, 1.807) is 6.20 Å². The number of rotatable bonds is 3. The average molecular weight is 313 g/mol. The van der Waals surface area contributed by atoms with Gasteiger partial charge in [-0.2, -0.15) is 0 Å². The van der Waals surface area contributed by atoms with Crippen molar-refractivity contribution in [3.8, 4) is 0 Å². The summed E-state index contributed by atoms with van der Waals surface area (Å²) in [5, 5.41) is 0.613. The molecule has 108 valence electrons. The Balaban J connectivity index is 2.04. The van der Waals surface area contributed by atoms with Gasteiger partial charge in [0.05, 0.1) is 10.9 Å². The zero-order valence-corrected chi connectivity index (χ0v) is 13.0. The topological polar surface area (TPSA) is 34.0 Å². The van der Waals surface area contributed by atoms with Crippen LogP contribution in [0, 0.1) is 0 Å². The van der Waals surface area contributed by atoms with Crippen molar-refractivity contribution in [2.24, 2.45) is 0 Å². The molecular formula is C14H18Cl2N4. The van der Waals surface area contributed by atoms with Gasteiger partial charge in [0, 0.05) is 18.8 Å². The average Bonchev–Trinajstić information content (AvgIpc) is 2.84. The molecule has 0 aliphatic carbocycles. The summed E-state index contributed by atoms with van der Waals surface area (Å²) in [7, 11) is 0. The first kappa shape index (κ1) is 14.1. The summed E-state index contributed by atoms with van der Waals surface area (Å²) in [6, 6.07) is 2.26. The van der Waals surface area contributed by atoms with Crippen LogP contribution in [0.5, 0.6) is 0 Å². The van der Waals surface area contributed by atoms with E-state index < -0.39 is 0 Å². The van der Waals surface area contributed by atoms with E-state index in [0.29, 0.717) is 16.9 Å². The number of hydrogen-bond donors (Lipinski definition) is 0. The number of fused-ring (bicyclic) bond motifs is 1. The number of nitrogens with zero attached hydrogens (tertiary/aromatic N) is 4. The molecule has 0 bridgehead atoms. The Bertz CT molecular complexity index is 610. The standard InChI is InChI=1S/C14H18Cl2N4/c1-2-19-5-3-4-11(9-19)20-13(7-15)18-12-6-10(16)8-17-14(12)20/h6,8,11H,2-5,7,9H2,1H3. The minimum atomic E-state index is 0.399. The van der Waals surface area contributed by atoms with Crippen LogP contribution in [0.25, 0.3) is 11.2 Å². The maximum absolute atomic E-state index is 6.08. The van der Waals surface area contributed by atoms with Gasteiger partial charge in [-0.05, 0) is 32.0 Å². The van der Waals surface area contributed by atoms with E-state index in [9.17, 15) is 0 Å². The van der Waals surface area contributed by atoms with Gasteiger partial charge in [0.2, 0.25) is 0 Å². The molecule has 0 amide bonds. The highest BCUT2D eigenvalue weighted by Crippen LogP contribution is 2.28. The Morgan fingerprint density at radius 3 is 3.05 bits per heavy atom. The summed E-state index contributed by atoms with van der Waals surface area (Å²) in [6.07, 6.45) is 4.03. The molecule has 1 fully saturated rings. The van der Waals surface area contributed by atoms with Gasteiger partial charge in [-0.15, -0.1) is 11.6 Å². The molecule has 1 unspecified atom stereocenters. The number of likely N-dealkylation sites (N-methyl/N-ethyl adjacent to an activating group) is 1. The molecule has 1 aliphatic rings. The van der Waals surface area contributed by atoms with Crippen LogP contribution >= 0.6 is 23.2 Å². The van der Waals surface area contributed by atoms with E-state index in [2.05, 4.69) is 26.4 Å². The summed E-state index contributed by atoms with van der Waals surface area (Å²) < 4.78 is 2.21. The van der Waals surface area contributed by atoms with E-state index in [1.807, 2.05) is 6.07 Å². The number of imidazole rings is 1. The number of aromatic nitrogens is 3. The lowest BCUT2D eigenvalue weighted by Gasteiger charge is -2.33. The van der Waals surface area contributed by atoms with Crippen LogP contribution in [-0.4, -0.2) is 39.1 Å². The fourth-order valence-corrected chi connectivity index (χ4v) is 3.35. The van der Waals surface area contributed by atoms with E-state index in [4.69, 9.17) is 23.2 Å². The Kier molecular flexibility index (Phi) is 4.15. The van der Waals surface area contributed by atoms with Gasteiger partial charge in [-0.1, -0.05) is 18.5 Å². The normalized spacial score (nSPS) is 20.6. The summed E-state index contributed by atoms with van der Waals surface area (Å²) >= 11 is 12.1. The predicted octanol–water partition coefficient (Wildman–Crippen LogP) is 3.48. The lowest BCUT2D eigenvalue weighted by Crippen LogP contribution is -2.36. The van der Waals surface area contributed by atoms with Crippen LogP contribution in [0.2, 0.25) is 5.02 Å². The van der Waals surface area contributed by atoms with Gasteiger partial charge < -0.3 is 9.47 Å². The molecule has 3 rings (SSSR count). The Morgan fingerprint density at radius 1 is 1.45 bits per heavy atom. The number of hydrogen-bond acceptors (Lipinski definition) is 3. The summed E-state index contributed by atoms with van der Waals surface area (Å²) in [6.45, 7) is 5.50. The Hall–Kier alpha value is -0.840. The van der Waals surface area contributed by atoms with Gasteiger partial charge in [0.25, 0.3) is 0 Å². The molecule has 3 heterocycles. The third-order valence-electron chi connectivity index (χ3n) is 3.98. The lowest BCUT2D eigenvalue weighted by molar-refractivity contribution is 0.185. The van der Waals surface area contributed by atoms with E-state index in [0.717, 1.165) is 36.5 Å². The van der Waals surface area contributed by atoms with Gasteiger partial charge in [-0.3, -0.25) is 0 Å². The molecule has 1 atom stereocenters. The molecule has 4 nitrogen and oxygen atoms in total. The van der Waals surface area contributed by atoms with Crippen molar-refractivity contribution in [1.29, 1.82) is 0 Å². The second-order valence-electron chi connectivity index (χ2n) is 5.22. The van der Waals surface area contributed by atoms with E-state index in [-0.39, 0.29) is 0 Å². The fourth-order valence-electron chi connectivity index (χ4n) is 3.01. The smallest absolute Gasteiger partial charge is 0.160 e. The van der Waals surface area contributed by atoms with Crippen LogP contribution in [0.15, 0.2) is 12.3 Å². The molecule has 2 aromatic heterocycles. The molecule has 0 aromatic carbocycles. The Morgan fingerprint density at radius 2 is 2.30 bits per heavy atom. The summed E-state index contributed by atoms with van der Waals surface area (Å²) in [4.78, 5) is 11.5. The first-order valence-electron chi connectivity index (χ1n) is 7.03. The van der Waals surface area contributed by atoms with Crippen molar-refractivity contribution in [3.05, 3.63) is 23.1 Å². The van der Waals surface area contributed by atoms with Crippen molar-refractivity contribution >= 4 is 34.4 Å². The summed E-state index contributed by atoms with van der Waals surface area (Å²) in [5.41, 5.74) is 1.73. The first-order valence-corrected chi connectivity index (χ1v) is 7.95. The molecule has 20 heavy (non-hydrogen) atoms. The van der Waals surface area contributed by atoms with Crippen molar-refractivity contribution in [2.45, 2.75) is 31.7 Å². The minimum Gasteiger partial charge on any atom is -0.307 e. The molecule has 0 spiro atoms. The Labute approximate surface area is 128 Å². The van der Waals surface area contributed by atoms with Crippen molar-refractivity contribution < 1.29 is 0 Å². The van der Waals surface area contributed by atoms with Crippen LogP contribution in [0.3, 0.4) is 0 Å². The highest BCUT2D eigenvalue weighted by atomic mass is 35.5. The van der Waals surface area contributed by atoms with Crippen LogP contribution in [0.4, 0.5) is 0 Å². The number of pyridine rings is 1. The van der Waals surface area contributed by atoms with Crippen molar-refractivity contribution in [1.82, 2.24) is 19.4 Å². The van der Waals surface area contributed by atoms with Gasteiger partial charge >= 0.3 is 0 Å². The zero-order valence-electron chi connectivity index (χ0n) is 11.5. The molecule has 2 aromatic rings. The van der Waals surface area contributed by atoms with Gasteiger partial charge in [-0.25, -0.2) is 9.97 Å². The summed E-state index contributed by atoms with van der Waals surface area (Å²) in [5.74, 6) is 1.29. The lowest BCUT2D eigenvalue weighted by atomic mass is 10.1. The second kappa shape index (κ2) is 5.88. The number of likely N-dealkylation sites (tertiary alicyclic amines) is 1. The molecule has 0 radical (unpaired) electrons. The van der Waals surface area contributed by atoms with Crippen molar-refractivity contribution in [3.63, 3.8) is 0 Å². The number of piperidine rings is 1. The van der Waals surface area contributed by atoms with Gasteiger partial charge in [0.15, 0.2) is 5.65 Å². The second-order valence-corrected chi connectivity index (χ2v) is 5.92. The number of alkyl halides is 1. The largest absolute Gasteiger partial charge is 0.307 e. The first-order chi connectivity index (χ1) is 9.72. The fraction of sp³-hybridized carbons (Fsp3) is 0.571. The number of halogens is 2. The van der Waals surface area contributed by atoms with E-state index >= 15 is 0 Å². The van der Waals surface area contributed by atoms with Crippen LogP contribution < -0.4 is 0 Å². The zero-order chi connectivity index (χ0) is 14.1. The highest BCUT2D eigenvalue weighted by Gasteiger charge is 2.24. The maximum atomic E-state index is 6.08. The van der Waals surface area contributed by atoms with Crippen LogP contribution in [0.1, 0.15) is 31.6 Å². The van der Waals surface area contributed by atoms with E-state index in [1.165, 1.54) is 13.0 Å². The molecular weight excluding hydrogens is 295 g/mol. The predicted molar refractivity (Wildman–Crippen MR) is 82.5 cm³/mol. The highest BCUT2D eigenvalue weighted by molar-refractivity contribution is 6.31.